The fraction of sp³-hybridized carbons (Fsp3) is 0.154. The monoisotopic (exact) mass is 297 g/mol. The van der Waals surface area contributed by atoms with E-state index in [1.165, 1.54) is 4.63 Å². The molecule has 0 aliphatic carbocycles. The summed E-state index contributed by atoms with van der Waals surface area (Å²) in [6.45, 7) is 1.70. The van der Waals surface area contributed by atoms with E-state index in [1.807, 2.05) is 6.07 Å². The number of ether oxygens (including phenoxy) is 1. The summed E-state index contributed by atoms with van der Waals surface area (Å²) in [7, 11) is 0. The Balaban J connectivity index is 1.63. The molecule has 1 aliphatic heterocycles. The van der Waals surface area contributed by atoms with Crippen LogP contribution in [0.5, 0.6) is 5.75 Å². The van der Waals surface area contributed by atoms with E-state index in [4.69, 9.17) is 4.74 Å². The Kier molecular flexibility index (Phi) is 2.65. The molecule has 1 aliphatic rings. The van der Waals surface area contributed by atoms with Crippen LogP contribution in [0.2, 0.25) is 0 Å². The number of anilines is 3. The topological polar surface area (TPSA) is 106 Å². The first-order chi connectivity index (χ1) is 10.7. The zero-order valence-corrected chi connectivity index (χ0v) is 11.5. The number of nitrogens with one attached hydrogen (secondary N) is 2. The molecule has 9 heteroatoms. The molecule has 1 unspecified atom stereocenters. The lowest BCUT2D eigenvalue weighted by Gasteiger charge is -2.23. The zero-order valence-electron chi connectivity index (χ0n) is 11.5. The molecule has 2 aromatic heterocycles. The Bertz CT molecular complexity index is 876. The molecule has 4 rings (SSSR count). The molecule has 0 radical (unpaired) electrons. The molecule has 0 saturated heterocycles. The normalized spacial score (nSPS) is 16.8. The van der Waals surface area contributed by atoms with Gasteiger partial charge >= 0.3 is 0 Å². The van der Waals surface area contributed by atoms with Gasteiger partial charge in [0.1, 0.15) is 5.75 Å². The number of tetrazole rings is 1. The van der Waals surface area contributed by atoms with Crippen molar-refractivity contribution in [2.75, 3.05) is 10.6 Å². The van der Waals surface area contributed by atoms with Crippen molar-refractivity contribution in [3.05, 3.63) is 30.3 Å². The van der Waals surface area contributed by atoms with Crippen LogP contribution in [0.3, 0.4) is 0 Å². The maximum absolute atomic E-state index is 11.6. The second kappa shape index (κ2) is 4.65. The number of amides is 1. The molecule has 9 nitrogen and oxygen atoms in total. The van der Waals surface area contributed by atoms with E-state index in [2.05, 4.69) is 31.3 Å². The second-order valence-electron chi connectivity index (χ2n) is 4.83. The molecule has 1 amide bonds. The first-order valence-electron chi connectivity index (χ1n) is 6.63. The van der Waals surface area contributed by atoms with Gasteiger partial charge in [-0.25, -0.2) is 0 Å². The summed E-state index contributed by atoms with van der Waals surface area (Å²) in [6.07, 6.45) is -0.491. The molecule has 22 heavy (non-hydrogen) atoms. The fourth-order valence-electron chi connectivity index (χ4n) is 2.15. The molecule has 3 heterocycles. The molecule has 0 bridgehead atoms. The van der Waals surface area contributed by atoms with Crippen LogP contribution in [-0.2, 0) is 4.79 Å². The van der Waals surface area contributed by atoms with Crippen LogP contribution in [0.25, 0.3) is 5.65 Å². The lowest BCUT2D eigenvalue weighted by Crippen LogP contribution is -2.34. The Hall–Kier alpha value is -3.23. The third-order valence-electron chi connectivity index (χ3n) is 3.25. The van der Waals surface area contributed by atoms with Crippen LogP contribution in [0, 0.1) is 0 Å². The van der Waals surface area contributed by atoms with Gasteiger partial charge in [0.15, 0.2) is 17.6 Å². The number of fused-ring (bicyclic) bond motifs is 2. The van der Waals surface area contributed by atoms with E-state index in [0.717, 1.165) is 5.69 Å². The largest absolute Gasteiger partial charge is 0.479 e. The van der Waals surface area contributed by atoms with Gasteiger partial charge in [-0.2, -0.15) is 0 Å². The first-order valence-corrected chi connectivity index (χ1v) is 6.63. The Morgan fingerprint density at radius 1 is 1.32 bits per heavy atom. The van der Waals surface area contributed by atoms with Gasteiger partial charge in [0, 0.05) is 5.69 Å². The Morgan fingerprint density at radius 2 is 2.23 bits per heavy atom. The summed E-state index contributed by atoms with van der Waals surface area (Å²) in [5, 5.41) is 21.2. The molecular weight excluding hydrogens is 286 g/mol. The average molecular weight is 297 g/mol. The van der Waals surface area contributed by atoms with Crippen molar-refractivity contribution < 1.29 is 9.53 Å². The van der Waals surface area contributed by atoms with E-state index in [9.17, 15) is 4.79 Å². The minimum atomic E-state index is -0.491. The van der Waals surface area contributed by atoms with Crippen LogP contribution < -0.4 is 15.4 Å². The number of rotatable bonds is 2. The van der Waals surface area contributed by atoms with Gasteiger partial charge in [0.2, 0.25) is 0 Å². The highest BCUT2D eigenvalue weighted by molar-refractivity contribution is 5.98. The van der Waals surface area contributed by atoms with E-state index >= 15 is 0 Å². The minimum Gasteiger partial charge on any atom is -0.479 e. The van der Waals surface area contributed by atoms with Gasteiger partial charge in [0.05, 0.1) is 5.69 Å². The van der Waals surface area contributed by atoms with Crippen molar-refractivity contribution in [1.29, 1.82) is 0 Å². The predicted octanol–water partition coefficient (Wildman–Crippen LogP) is 0.982. The molecule has 1 atom stereocenters. The van der Waals surface area contributed by atoms with Crippen molar-refractivity contribution in [3.63, 3.8) is 0 Å². The summed E-state index contributed by atoms with van der Waals surface area (Å²) < 4.78 is 6.84. The highest BCUT2D eigenvalue weighted by Gasteiger charge is 2.23. The van der Waals surface area contributed by atoms with Gasteiger partial charge in [0.25, 0.3) is 5.91 Å². The van der Waals surface area contributed by atoms with E-state index in [-0.39, 0.29) is 5.91 Å². The zero-order chi connectivity index (χ0) is 15.1. The summed E-state index contributed by atoms with van der Waals surface area (Å²) in [5.41, 5.74) is 1.94. The van der Waals surface area contributed by atoms with Crippen molar-refractivity contribution in [2.45, 2.75) is 13.0 Å². The van der Waals surface area contributed by atoms with Crippen LogP contribution in [0.15, 0.2) is 30.3 Å². The fourth-order valence-corrected chi connectivity index (χ4v) is 2.15. The molecule has 1 aromatic carbocycles. The van der Waals surface area contributed by atoms with Gasteiger partial charge in [-0.1, -0.05) is 0 Å². The SMILES string of the molecule is CC1Oc2ccc(Nc3ccc4nnnn4n3)cc2NC1=O. The van der Waals surface area contributed by atoms with Crippen molar-refractivity contribution in [1.82, 2.24) is 25.3 Å². The summed E-state index contributed by atoms with van der Waals surface area (Å²) in [4.78, 5) is 11.6. The molecule has 2 N–H and O–H groups in total. The Morgan fingerprint density at radius 3 is 3.14 bits per heavy atom. The maximum atomic E-state index is 11.6. The lowest BCUT2D eigenvalue weighted by atomic mass is 10.2. The van der Waals surface area contributed by atoms with Crippen LogP contribution in [-0.4, -0.2) is 37.3 Å². The van der Waals surface area contributed by atoms with Gasteiger partial charge < -0.3 is 15.4 Å². The smallest absolute Gasteiger partial charge is 0.265 e. The molecule has 0 fully saturated rings. The summed E-state index contributed by atoms with van der Waals surface area (Å²) >= 11 is 0. The molecular formula is C13H11N7O2. The standard InChI is InChI=1S/C13H11N7O2/c1-7-13(21)15-9-6-8(2-3-10(9)22-7)14-11-4-5-12-16-18-19-20(12)17-11/h2-7H,1H3,(H,14,17)(H,15,21). The Labute approximate surface area is 124 Å². The number of hydrogen-bond acceptors (Lipinski definition) is 7. The van der Waals surface area contributed by atoms with Crippen LogP contribution >= 0.6 is 0 Å². The van der Waals surface area contributed by atoms with Gasteiger partial charge in [-0.15, -0.1) is 14.8 Å². The molecule has 0 saturated carbocycles. The second-order valence-corrected chi connectivity index (χ2v) is 4.83. The first kappa shape index (κ1) is 12.5. The van der Waals surface area contributed by atoms with Crippen LogP contribution in [0.4, 0.5) is 17.2 Å². The number of nitrogens with zero attached hydrogens (tertiary/aromatic N) is 5. The summed E-state index contributed by atoms with van der Waals surface area (Å²) in [5.74, 6) is 1.05. The minimum absolute atomic E-state index is 0.169. The highest BCUT2D eigenvalue weighted by atomic mass is 16.5. The van der Waals surface area contributed by atoms with E-state index in [1.54, 1.807) is 31.2 Å². The quantitative estimate of drug-likeness (QED) is 0.726. The third kappa shape index (κ3) is 2.08. The number of benzene rings is 1. The van der Waals surface area contributed by atoms with Crippen LogP contribution in [0.1, 0.15) is 6.92 Å². The number of aromatic nitrogens is 5. The lowest BCUT2D eigenvalue weighted by molar-refractivity contribution is -0.122. The average Bonchev–Trinajstić information content (AvgIpc) is 2.96. The van der Waals surface area contributed by atoms with Crippen molar-refractivity contribution in [2.24, 2.45) is 0 Å². The van der Waals surface area contributed by atoms with E-state index in [0.29, 0.717) is 22.9 Å². The molecule has 110 valence electrons. The van der Waals surface area contributed by atoms with Gasteiger partial charge in [-0.3, -0.25) is 4.79 Å². The number of carbonyl (C=O) groups is 1. The summed E-state index contributed by atoms with van der Waals surface area (Å²) in [6, 6.07) is 8.94. The number of hydrogen-bond donors (Lipinski definition) is 2. The van der Waals surface area contributed by atoms with E-state index < -0.39 is 6.10 Å². The van der Waals surface area contributed by atoms with Crippen molar-refractivity contribution in [3.8, 4) is 5.75 Å². The predicted molar refractivity (Wildman–Crippen MR) is 77.0 cm³/mol. The van der Waals surface area contributed by atoms with Crippen molar-refractivity contribution >= 4 is 28.7 Å². The molecule has 3 aromatic rings. The molecule has 0 spiro atoms. The third-order valence-corrected chi connectivity index (χ3v) is 3.25. The van der Waals surface area contributed by atoms with Gasteiger partial charge in [-0.05, 0) is 47.7 Å². The number of carbonyl (C=O) groups excluding carboxylic acids is 1. The highest BCUT2D eigenvalue weighted by Crippen LogP contribution is 2.32. The maximum Gasteiger partial charge on any atom is 0.265 e.